The van der Waals surface area contributed by atoms with Gasteiger partial charge in [0, 0.05) is 15.5 Å². The van der Waals surface area contributed by atoms with Gasteiger partial charge in [0.25, 0.3) is 0 Å². The summed E-state index contributed by atoms with van der Waals surface area (Å²) >= 11 is 7.79. The predicted molar refractivity (Wildman–Crippen MR) is 114 cm³/mol. The van der Waals surface area contributed by atoms with Crippen molar-refractivity contribution in [2.75, 3.05) is 0 Å². The van der Waals surface area contributed by atoms with Crippen molar-refractivity contribution in [3.05, 3.63) is 93.0 Å². The molecule has 28 heavy (non-hydrogen) atoms. The van der Waals surface area contributed by atoms with E-state index in [0.29, 0.717) is 16.8 Å². The van der Waals surface area contributed by atoms with Crippen molar-refractivity contribution in [1.29, 1.82) is 0 Å². The first kappa shape index (κ1) is 18.9. The maximum absolute atomic E-state index is 6.07. The number of nitrogens with zero attached hydrogens (tertiary/aromatic N) is 2. The second-order valence-corrected chi connectivity index (χ2v) is 8.12. The average molecular weight is 410 g/mol. The van der Waals surface area contributed by atoms with E-state index < -0.39 is 0 Å². The molecule has 4 aromatic rings. The van der Waals surface area contributed by atoms with Crippen LogP contribution in [0.2, 0.25) is 5.02 Å². The number of hydrogen-bond acceptors (Lipinski definition) is 5. The third kappa shape index (κ3) is 4.17. The molecule has 0 aliphatic heterocycles. The van der Waals surface area contributed by atoms with E-state index in [9.17, 15) is 0 Å². The molecule has 0 bridgehead atoms. The first-order chi connectivity index (χ1) is 13.6. The summed E-state index contributed by atoms with van der Waals surface area (Å²) in [6, 6.07) is 20.1. The van der Waals surface area contributed by atoms with Crippen LogP contribution in [0.1, 0.15) is 40.9 Å². The van der Waals surface area contributed by atoms with E-state index >= 15 is 0 Å². The van der Waals surface area contributed by atoms with Gasteiger partial charge in [-0.1, -0.05) is 53.6 Å². The molecule has 0 amide bonds. The molecule has 0 saturated carbocycles. The standard InChI is InChI=1S/C22H20ClN3OS/c1-14-8-10-16(11-9-14)20(19-7-4-12-28-19)24-15(2)21-25-26-22(27-21)17-5-3-6-18(23)13-17/h3-13,15,20,24H,1-2H3/t15-,20-/m1/s1. The number of rotatable bonds is 6. The van der Waals surface area contributed by atoms with Crippen LogP contribution in [0.25, 0.3) is 11.5 Å². The van der Waals surface area contributed by atoms with Gasteiger partial charge in [-0.2, -0.15) is 0 Å². The van der Waals surface area contributed by atoms with Crippen LogP contribution in [0, 0.1) is 6.92 Å². The Kier molecular flexibility index (Phi) is 5.57. The number of benzene rings is 2. The predicted octanol–water partition coefficient (Wildman–Crippen LogP) is 6.20. The minimum Gasteiger partial charge on any atom is -0.419 e. The molecule has 4 nitrogen and oxygen atoms in total. The van der Waals surface area contributed by atoms with Gasteiger partial charge in [0.05, 0.1) is 12.1 Å². The minimum atomic E-state index is -0.117. The Morgan fingerprint density at radius 3 is 2.57 bits per heavy atom. The summed E-state index contributed by atoms with van der Waals surface area (Å²) in [5.41, 5.74) is 3.26. The van der Waals surface area contributed by atoms with E-state index in [-0.39, 0.29) is 12.1 Å². The lowest BCUT2D eigenvalue weighted by molar-refractivity contribution is 0.405. The number of nitrogens with one attached hydrogen (secondary N) is 1. The quantitative estimate of drug-likeness (QED) is 0.412. The van der Waals surface area contributed by atoms with Crippen LogP contribution in [0.5, 0.6) is 0 Å². The molecular weight excluding hydrogens is 390 g/mol. The molecule has 2 aromatic heterocycles. The van der Waals surface area contributed by atoms with Crippen molar-refractivity contribution in [2.24, 2.45) is 0 Å². The molecule has 0 fully saturated rings. The van der Waals surface area contributed by atoms with Crippen LogP contribution in [-0.4, -0.2) is 10.2 Å². The van der Waals surface area contributed by atoms with E-state index in [1.807, 2.05) is 31.2 Å². The highest BCUT2D eigenvalue weighted by Gasteiger charge is 2.22. The molecule has 1 N–H and O–H groups in total. The smallest absolute Gasteiger partial charge is 0.247 e. The Hall–Kier alpha value is -2.47. The highest BCUT2D eigenvalue weighted by atomic mass is 35.5. The third-order valence-electron chi connectivity index (χ3n) is 4.54. The molecule has 0 saturated heterocycles. The minimum absolute atomic E-state index is 0.0529. The summed E-state index contributed by atoms with van der Waals surface area (Å²) < 4.78 is 5.92. The van der Waals surface area contributed by atoms with Crippen molar-refractivity contribution < 1.29 is 4.42 Å². The SMILES string of the molecule is Cc1ccc([C@@H](N[C@H](C)c2nnc(-c3cccc(Cl)c3)o2)c2cccs2)cc1. The lowest BCUT2D eigenvalue weighted by atomic mass is 10.0. The van der Waals surface area contributed by atoms with Gasteiger partial charge in [-0.15, -0.1) is 21.5 Å². The van der Waals surface area contributed by atoms with E-state index in [2.05, 4.69) is 64.2 Å². The summed E-state index contributed by atoms with van der Waals surface area (Å²) in [6.07, 6.45) is 0. The summed E-state index contributed by atoms with van der Waals surface area (Å²) in [5, 5.41) is 14.8. The summed E-state index contributed by atoms with van der Waals surface area (Å²) in [4.78, 5) is 1.24. The number of thiophene rings is 1. The van der Waals surface area contributed by atoms with Crippen molar-refractivity contribution >= 4 is 22.9 Å². The van der Waals surface area contributed by atoms with Gasteiger partial charge in [-0.05, 0) is 49.1 Å². The lowest BCUT2D eigenvalue weighted by Gasteiger charge is -2.21. The molecule has 0 radical (unpaired) electrons. The Bertz CT molecular complexity index is 1040. The topological polar surface area (TPSA) is 51.0 Å². The summed E-state index contributed by atoms with van der Waals surface area (Å²) in [5.74, 6) is 1.01. The second-order valence-electron chi connectivity index (χ2n) is 6.70. The van der Waals surface area contributed by atoms with E-state index in [0.717, 1.165) is 5.56 Å². The van der Waals surface area contributed by atoms with Crippen molar-refractivity contribution in [3.63, 3.8) is 0 Å². The molecule has 2 aromatic carbocycles. The molecule has 142 valence electrons. The van der Waals surface area contributed by atoms with Crippen LogP contribution in [0.15, 0.2) is 70.5 Å². The van der Waals surface area contributed by atoms with Crippen molar-refractivity contribution in [3.8, 4) is 11.5 Å². The van der Waals surface area contributed by atoms with Gasteiger partial charge in [-0.25, -0.2) is 0 Å². The number of aromatic nitrogens is 2. The normalized spacial score (nSPS) is 13.4. The van der Waals surface area contributed by atoms with Gasteiger partial charge in [0.15, 0.2) is 0 Å². The zero-order chi connectivity index (χ0) is 19.5. The molecule has 0 aliphatic rings. The molecule has 0 aliphatic carbocycles. The second kappa shape index (κ2) is 8.27. The molecule has 0 unspecified atom stereocenters. The van der Waals surface area contributed by atoms with E-state index in [1.165, 1.54) is 16.0 Å². The first-order valence-corrected chi connectivity index (χ1v) is 10.3. The highest BCUT2D eigenvalue weighted by molar-refractivity contribution is 7.10. The lowest BCUT2D eigenvalue weighted by Crippen LogP contribution is -2.25. The van der Waals surface area contributed by atoms with Gasteiger partial charge >= 0.3 is 0 Å². The maximum Gasteiger partial charge on any atom is 0.247 e. The van der Waals surface area contributed by atoms with Gasteiger partial charge in [0.1, 0.15) is 0 Å². The summed E-state index contributed by atoms with van der Waals surface area (Å²) in [6.45, 7) is 4.12. The molecular formula is C22H20ClN3OS. The molecule has 2 heterocycles. The van der Waals surface area contributed by atoms with Crippen molar-refractivity contribution in [1.82, 2.24) is 15.5 Å². The summed E-state index contributed by atoms with van der Waals surface area (Å²) in [7, 11) is 0. The Labute approximate surface area is 173 Å². The highest BCUT2D eigenvalue weighted by Crippen LogP contribution is 2.30. The van der Waals surface area contributed by atoms with Gasteiger partial charge < -0.3 is 4.42 Å². The van der Waals surface area contributed by atoms with Crippen LogP contribution in [0.3, 0.4) is 0 Å². The Balaban J connectivity index is 1.58. The monoisotopic (exact) mass is 409 g/mol. The number of hydrogen-bond donors (Lipinski definition) is 1. The first-order valence-electron chi connectivity index (χ1n) is 9.05. The van der Waals surface area contributed by atoms with Gasteiger partial charge in [-0.3, -0.25) is 5.32 Å². The fraction of sp³-hybridized carbons (Fsp3) is 0.182. The fourth-order valence-corrected chi connectivity index (χ4v) is 4.03. The van der Waals surface area contributed by atoms with Crippen LogP contribution < -0.4 is 5.32 Å². The third-order valence-corrected chi connectivity index (χ3v) is 5.71. The zero-order valence-corrected chi connectivity index (χ0v) is 17.2. The Morgan fingerprint density at radius 2 is 1.86 bits per heavy atom. The largest absolute Gasteiger partial charge is 0.419 e. The van der Waals surface area contributed by atoms with E-state index in [4.69, 9.17) is 16.0 Å². The van der Waals surface area contributed by atoms with Crippen LogP contribution in [-0.2, 0) is 0 Å². The van der Waals surface area contributed by atoms with E-state index in [1.54, 1.807) is 11.3 Å². The fourth-order valence-electron chi connectivity index (χ4n) is 3.03. The maximum atomic E-state index is 6.07. The molecule has 4 rings (SSSR count). The van der Waals surface area contributed by atoms with Crippen LogP contribution >= 0.6 is 22.9 Å². The molecule has 6 heteroatoms. The molecule has 2 atom stereocenters. The average Bonchev–Trinajstić information content (AvgIpc) is 3.39. The van der Waals surface area contributed by atoms with Crippen LogP contribution in [0.4, 0.5) is 0 Å². The molecule has 0 spiro atoms. The van der Waals surface area contributed by atoms with Gasteiger partial charge in [0.2, 0.25) is 11.8 Å². The zero-order valence-electron chi connectivity index (χ0n) is 15.6. The van der Waals surface area contributed by atoms with Crippen molar-refractivity contribution in [2.45, 2.75) is 25.9 Å². The number of aryl methyl sites for hydroxylation is 1. The number of halogens is 1. The Morgan fingerprint density at radius 1 is 1.04 bits per heavy atom.